The molecule has 0 atom stereocenters. The maximum atomic E-state index is 11.7. The molecule has 0 radical (unpaired) electrons. The molecule has 0 aliphatic carbocycles. The zero-order valence-corrected chi connectivity index (χ0v) is 11.8. The summed E-state index contributed by atoms with van der Waals surface area (Å²) in [4.78, 5) is 0.228. The van der Waals surface area contributed by atoms with Crippen LogP contribution in [0.4, 0.5) is 0 Å². The monoisotopic (exact) mass is 274 g/mol. The first-order valence-corrected chi connectivity index (χ1v) is 7.81. The Morgan fingerprint density at radius 3 is 2.78 bits per heavy atom. The van der Waals surface area contributed by atoms with Crippen molar-refractivity contribution in [2.24, 2.45) is 0 Å². The van der Waals surface area contributed by atoms with Crippen molar-refractivity contribution >= 4 is 10.0 Å². The molecule has 2 N–H and O–H groups in total. The fraction of sp³-hybridized carbons (Fsp3) is 0.727. The lowest BCUT2D eigenvalue weighted by molar-refractivity contribution is 0.541. The van der Waals surface area contributed by atoms with Gasteiger partial charge in [0.15, 0.2) is 0 Å². The quantitative estimate of drug-likeness (QED) is 0.646. The van der Waals surface area contributed by atoms with Crippen LogP contribution in [0.15, 0.2) is 17.3 Å². The number of hydrogen-bond donors (Lipinski definition) is 2. The minimum atomic E-state index is -3.38. The number of sulfonamides is 1. The van der Waals surface area contributed by atoms with Gasteiger partial charge in [-0.2, -0.15) is 5.10 Å². The largest absolute Gasteiger partial charge is 0.317 e. The first kappa shape index (κ1) is 15.1. The fourth-order valence-electron chi connectivity index (χ4n) is 1.55. The molecule has 0 aromatic carbocycles. The van der Waals surface area contributed by atoms with Gasteiger partial charge in [-0.3, -0.25) is 4.68 Å². The third-order valence-corrected chi connectivity index (χ3v) is 3.92. The molecular formula is C11H22N4O2S. The van der Waals surface area contributed by atoms with Gasteiger partial charge >= 0.3 is 0 Å². The van der Waals surface area contributed by atoms with Crippen LogP contribution in [-0.4, -0.2) is 37.8 Å². The smallest absolute Gasteiger partial charge is 0.243 e. The summed E-state index contributed by atoms with van der Waals surface area (Å²) in [6.45, 7) is 6.91. The Hall–Kier alpha value is -0.920. The van der Waals surface area contributed by atoms with Crippen LogP contribution in [0, 0.1) is 0 Å². The van der Waals surface area contributed by atoms with Crippen molar-refractivity contribution in [3.8, 4) is 0 Å². The minimum absolute atomic E-state index is 0.228. The molecule has 1 aromatic rings. The standard InChI is InChI=1S/C11H22N4O2S/c1-3-6-12-7-5-8-15-10-11(9-13-15)18(16,17)14-4-2/h9-10,12,14H,3-8H2,1-2H3. The molecule has 0 bridgehead atoms. The normalized spacial score (nSPS) is 11.9. The van der Waals surface area contributed by atoms with Gasteiger partial charge in [0, 0.05) is 19.3 Å². The molecule has 0 saturated heterocycles. The molecule has 1 rings (SSSR count). The topological polar surface area (TPSA) is 76.0 Å². The third kappa shape index (κ3) is 4.75. The van der Waals surface area contributed by atoms with Gasteiger partial charge in [0.2, 0.25) is 10.0 Å². The van der Waals surface area contributed by atoms with Crippen molar-refractivity contribution in [1.29, 1.82) is 0 Å². The second-order valence-corrected chi connectivity index (χ2v) is 5.81. The van der Waals surface area contributed by atoms with Crippen molar-refractivity contribution in [3.63, 3.8) is 0 Å². The van der Waals surface area contributed by atoms with Gasteiger partial charge in [0.25, 0.3) is 0 Å². The molecule has 0 amide bonds. The molecule has 6 nitrogen and oxygen atoms in total. The van der Waals surface area contributed by atoms with E-state index in [-0.39, 0.29) is 4.90 Å². The predicted molar refractivity (Wildman–Crippen MR) is 70.9 cm³/mol. The number of nitrogens with one attached hydrogen (secondary N) is 2. The van der Waals surface area contributed by atoms with Crippen LogP contribution in [-0.2, 0) is 16.6 Å². The van der Waals surface area contributed by atoms with Gasteiger partial charge in [-0.1, -0.05) is 13.8 Å². The van der Waals surface area contributed by atoms with Crippen molar-refractivity contribution < 1.29 is 8.42 Å². The highest BCUT2D eigenvalue weighted by Gasteiger charge is 2.14. The van der Waals surface area contributed by atoms with E-state index >= 15 is 0 Å². The lowest BCUT2D eigenvalue weighted by atomic mass is 10.4. The molecule has 1 heterocycles. The molecule has 0 unspecified atom stereocenters. The van der Waals surface area contributed by atoms with E-state index in [4.69, 9.17) is 0 Å². The van der Waals surface area contributed by atoms with Gasteiger partial charge < -0.3 is 5.32 Å². The molecular weight excluding hydrogens is 252 g/mol. The van der Waals surface area contributed by atoms with Gasteiger partial charge in [0.1, 0.15) is 4.90 Å². The van der Waals surface area contributed by atoms with Crippen LogP contribution in [0.3, 0.4) is 0 Å². The Bertz CT molecular complexity index is 442. The van der Waals surface area contributed by atoms with Gasteiger partial charge in [-0.25, -0.2) is 13.1 Å². The second-order valence-electron chi connectivity index (χ2n) is 4.04. The van der Waals surface area contributed by atoms with E-state index in [1.165, 1.54) is 6.20 Å². The highest BCUT2D eigenvalue weighted by atomic mass is 32.2. The number of nitrogens with zero attached hydrogens (tertiary/aromatic N) is 2. The Morgan fingerprint density at radius 1 is 1.33 bits per heavy atom. The van der Waals surface area contributed by atoms with Gasteiger partial charge in [-0.15, -0.1) is 0 Å². The zero-order chi connectivity index (χ0) is 13.4. The van der Waals surface area contributed by atoms with E-state index in [2.05, 4.69) is 22.1 Å². The molecule has 0 aliphatic heterocycles. The number of aromatic nitrogens is 2. The van der Waals surface area contributed by atoms with Crippen molar-refractivity contribution in [2.75, 3.05) is 19.6 Å². The maximum absolute atomic E-state index is 11.7. The highest BCUT2D eigenvalue weighted by molar-refractivity contribution is 7.89. The molecule has 18 heavy (non-hydrogen) atoms. The van der Waals surface area contributed by atoms with E-state index in [0.717, 1.165) is 32.5 Å². The van der Waals surface area contributed by atoms with E-state index in [1.54, 1.807) is 17.8 Å². The Labute approximate surface area is 109 Å². The second kappa shape index (κ2) is 7.50. The summed E-state index contributed by atoms with van der Waals surface area (Å²) in [5.41, 5.74) is 0. The first-order valence-electron chi connectivity index (χ1n) is 6.33. The SMILES string of the molecule is CCCNCCCn1cc(S(=O)(=O)NCC)cn1. The van der Waals surface area contributed by atoms with Crippen molar-refractivity contribution in [2.45, 2.75) is 38.1 Å². The summed E-state index contributed by atoms with van der Waals surface area (Å²) in [5, 5.41) is 7.34. The molecule has 0 aliphatic rings. The molecule has 0 spiro atoms. The summed E-state index contributed by atoms with van der Waals surface area (Å²) in [7, 11) is -3.38. The van der Waals surface area contributed by atoms with Crippen LogP contribution in [0.25, 0.3) is 0 Å². The van der Waals surface area contributed by atoms with Crippen molar-refractivity contribution in [1.82, 2.24) is 19.8 Å². The Balaban J connectivity index is 2.44. The summed E-state index contributed by atoms with van der Waals surface area (Å²) in [5.74, 6) is 0. The highest BCUT2D eigenvalue weighted by Crippen LogP contribution is 2.06. The van der Waals surface area contributed by atoms with Crippen LogP contribution < -0.4 is 10.0 Å². The van der Waals surface area contributed by atoms with E-state index < -0.39 is 10.0 Å². The Morgan fingerprint density at radius 2 is 2.11 bits per heavy atom. The van der Waals surface area contributed by atoms with E-state index in [9.17, 15) is 8.42 Å². The molecule has 1 aromatic heterocycles. The van der Waals surface area contributed by atoms with E-state index in [0.29, 0.717) is 6.54 Å². The molecule has 7 heteroatoms. The maximum Gasteiger partial charge on any atom is 0.243 e. The predicted octanol–water partition coefficient (Wildman–Crippen LogP) is 0.571. The molecule has 104 valence electrons. The first-order chi connectivity index (χ1) is 8.60. The van der Waals surface area contributed by atoms with Crippen LogP contribution >= 0.6 is 0 Å². The Kier molecular flexibility index (Phi) is 6.31. The van der Waals surface area contributed by atoms with Crippen molar-refractivity contribution in [3.05, 3.63) is 12.4 Å². The van der Waals surface area contributed by atoms with Gasteiger partial charge in [-0.05, 0) is 25.9 Å². The lowest BCUT2D eigenvalue weighted by Gasteiger charge is -2.03. The summed E-state index contributed by atoms with van der Waals surface area (Å²) in [6.07, 6.45) is 5.00. The zero-order valence-electron chi connectivity index (χ0n) is 11.0. The number of aryl methyl sites for hydroxylation is 1. The molecule has 0 saturated carbocycles. The lowest BCUT2D eigenvalue weighted by Crippen LogP contribution is -2.22. The average Bonchev–Trinajstić information content (AvgIpc) is 2.78. The summed E-state index contributed by atoms with van der Waals surface area (Å²) >= 11 is 0. The summed E-state index contributed by atoms with van der Waals surface area (Å²) in [6, 6.07) is 0. The number of hydrogen-bond acceptors (Lipinski definition) is 4. The fourth-order valence-corrected chi connectivity index (χ4v) is 2.54. The van der Waals surface area contributed by atoms with Crippen LogP contribution in [0.2, 0.25) is 0 Å². The third-order valence-electron chi connectivity index (χ3n) is 2.42. The van der Waals surface area contributed by atoms with Crippen LogP contribution in [0.5, 0.6) is 0 Å². The van der Waals surface area contributed by atoms with Gasteiger partial charge in [0.05, 0.1) is 6.20 Å². The average molecular weight is 274 g/mol. The number of rotatable bonds is 9. The summed E-state index contributed by atoms with van der Waals surface area (Å²) < 4.78 is 27.5. The van der Waals surface area contributed by atoms with Crippen LogP contribution in [0.1, 0.15) is 26.7 Å². The molecule has 0 fully saturated rings. The van der Waals surface area contributed by atoms with E-state index in [1.807, 2.05) is 0 Å². The minimum Gasteiger partial charge on any atom is -0.317 e.